The number of nitrogens with zero attached hydrogens (tertiary/aromatic N) is 4. The summed E-state index contributed by atoms with van der Waals surface area (Å²) in [7, 11) is 1.72. The van der Waals surface area contributed by atoms with Gasteiger partial charge in [-0.2, -0.15) is 4.98 Å². The lowest BCUT2D eigenvalue weighted by molar-refractivity contribution is 0.0598. The number of fused-ring (bicyclic) bond motifs is 1. The molecule has 7 heteroatoms. The number of piperidine rings is 1. The molecule has 0 aliphatic carbocycles. The summed E-state index contributed by atoms with van der Waals surface area (Å²) < 4.78 is 6.82. The molecule has 1 unspecified atom stereocenters. The fourth-order valence-electron chi connectivity index (χ4n) is 3.73. The van der Waals surface area contributed by atoms with Crippen LogP contribution < -0.4 is 5.56 Å². The third kappa shape index (κ3) is 3.03. The molecule has 1 aliphatic heterocycles. The molecule has 140 valence electrons. The minimum atomic E-state index is -0.224. The summed E-state index contributed by atoms with van der Waals surface area (Å²) in [5.74, 6) is 0.964. The zero-order valence-corrected chi connectivity index (χ0v) is 15.5. The van der Waals surface area contributed by atoms with Crippen molar-refractivity contribution in [2.75, 3.05) is 6.54 Å². The molecule has 1 atom stereocenters. The Morgan fingerprint density at radius 2 is 2.11 bits per heavy atom. The number of pyridine rings is 1. The maximum absolute atomic E-state index is 13.4. The van der Waals surface area contributed by atoms with Gasteiger partial charge in [0.15, 0.2) is 5.82 Å². The Morgan fingerprint density at radius 1 is 1.30 bits per heavy atom. The smallest absolute Gasteiger partial charge is 0.255 e. The SMILES string of the molecule is CCc1nc(C2CCCCN2C(=O)c2cc(=O)n(C)c3ccccc23)no1. The number of rotatable bonds is 3. The van der Waals surface area contributed by atoms with E-state index in [1.54, 1.807) is 16.5 Å². The van der Waals surface area contributed by atoms with Crippen LogP contribution in [0, 0.1) is 0 Å². The second kappa shape index (κ2) is 6.98. The Kier molecular flexibility index (Phi) is 4.51. The first kappa shape index (κ1) is 17.5. The van der Waals surface area contributed by atoms with Crippen LogP contribution in [0.4, 0.5) is 0 Å². The zero-order valence-electron chi connectivity index (χ0n) is 15.5. The molecule has 3 aromatic rings. The quantitative estimate of drug-likeness (QED) is 0.712. The molecule has 27 heavy (non-hydrogen) atoms. The highest BCUT2D eigenvalue weighted by Crippen LogP contribution is 2.31. The van der Waals surface area contributed by atoms with E-state index in [1.165, 1.54) is 6.07 Å². The lowest BCUT2D eigenvalue weighted by Gasteiger charge is -2.34. The Labute approximate surface area is 156 Å². The number of carbonyl (C=O) groups is 1. The van der Waals surface area contributed by atoms with Crippen LogP contribution in [0.25, 0.3) is 10.9 Å². The van der Waals surface area contributed by atoms with Crippen LogP contribution in [0.1, 0.15) is 54.3 Å². The monoisotopic (exact) mass is 366 g/mol. The molecule has 3 heterocycles. The molecule has 1 amide bonds. The standard InChI is InChI=1S/C20H22N4O3/c1-3-17-21-19(22-27-17)16-10-6-7-11-24(16)20(26)14-12-18(25)23(2)15-9-5-4-8-13(14)15/h4-5,8-9,12,16H,3,6-7,10-11H2,1-2H3. The summed E-state index contributed by atoms with van der Waals surface area (Å²) in [5.41, 5.74) is 0.980. The van der Waals surface area contributed by atoms with Gasteiger partial charge in [-0.25, -0.2) is 0 Å². The molecule has 1 fully saturated rings. The van der Waals surface area contributed by atoms with Gasteiger partial charge in [0.25, 0.3) is 11.5 Å². The van der Waals surface area contributed by atoms with Crippen LogP contribution in [0.3, 0.4) is 0 Å². The first-order valence-corrected chi connectivity index (χ1v) is 9.32. The molecular formula is C20H22N4O3. The topological polar surface area (TPSA) is 81.2 Å². The molecular weight excluding hydrogens is 344 g/mol. The van der Waals surface area contributed by atoms with Crippen LogP contribution in [-0.2, 0) is 13.5 Å². The summed E-state index contributed by atoms with van der Waals surface area (Å²) in [6, 6.07) is 8.69. The molecule has 0 bridgehead atoms. The highest BCUT2D eigenvalue weighted by molar-refractivity contribution is 6.06. The summed E-state index contributed by atoms with van der Waals surface area (Å²) >= 11 is 0. The summed E-state index contributed by atoms with van der Waals surface area (Å²) in [5, 5.41) is 4.86. The second-order valence-corrected chi connectivity index (χ2v) is 6.88. The van der Waals surface area contributed by atoms with Crippen molar-refractivity contribution in [1.82, 2.24) is 19.6 Å². The number of aryl methyl sites for hydroxylation is 2. The van der Waals surface area contributed by atoms with Gasteiger partial charge in [-0.3, -0.25) is 9.59 Å². The molecule has 1 aromatic carbocycles. The van der Waals surface area contributed by atoms with E-state index in [9.17, 15) is 9.59 Å². The van der Waals surface area contributed by atoms with E-state index < -0.39 is 0 Å². The first-order chi connectivity index (χ1) is 13.1. The molecule has 0 spiro atoms. The fraction of sp³-hybridized carbons (Fsp3) is 0.400. The van der Waals surface area contributed by atoms with Crippen molar-refractivity contribution in [2.45, 2.75) is 38.6 Å². The molecule has 0 radical (unpaired) electrons. The number of benzene rings is 1. The number of amides is 1. The Hall–Kier alpha value is -2.96. The van der Waals surface area contributed by atoms with E-state index >= 15 is 0 Å². The number of hydrogen-bond donors (Lipinski definition) is 0. The second-order valence-electron chi connectivity index (χ2n) is 6.88. The van der Waals surface area contributed by atoms with Gasteiger partial charge in [-0.05, 0) is 25.3 Å². The Bertz CT molecular complexity index is 1050. The molecule has 4 rings (SSSR count). The average Bonchev–Trinajstić information content (AvgIpc) is 3.19. The number of likely N-dealkylation sites (tertiary alicyclic amines) is 1. The zero-order chi connectivity index (χ0) is 19.0. The highest BCUT2D eigenvalue weighted by atomic mass is 16.5. The molecule has 1 aliphatic rings. The predicted molar refractivity (Wildman–Crippen MR) is 100 cm³/mol. The number of para-hydroxylation sites is 1. The molecule has 2 aromatic heterocycles. The largest absolute Gasteiger partial charge is 0.339 e. The third-order valence-corrected chi connectivity index (χ3v) is 5.23. The van der Waals surface area contributed by atoms with Crippen molar-refractivity contribution in [3.05, 3.63) is 58.0 Å². The predicted octanol–water partition coefficient (Wildman–Crippen LogP) is 2.85. The van der Waals surface area contributed by atoms with Gasteiger partial charge in [0.2, 0.25) is 5.89 Å². The van der Waals surface area contributed by atoms with Crippen LogP contribution in [-0.4, -0.2) is 32.1 Å². The third-order valence-electron chi connectivity index (χ3n) is 5.23. The van der Waals surface area contributed by atoms with Crippen LogP contribution in [0.2, 0.25) is 0 Å². The van der Waals surface area contributed by atoms with E-state index in [2.05, 4.69) is 10.1 Å². The Balaban J connectivity index is 1.78. The van der Waals surface area contributed by atoms with Gasteiger partial charge in [0.05, 0.1) is 17.1 Å². The van der Waals surface area contributed by atoms with Crippen LogP contribution >= 0.6 is 0 Å². The molecule has 0 N–H and O–H groups in total. The molecule has 1 saturated heterocycles. The molecule has 0 saturated carbocycles. The number of carbonyl (C=O) groups excluding carboxylic acids is 1. The Morgan fingerprint density at radius 3 is 2.89 bits per heavy atom. The van der Waals surface area contributed by atoms with Crippen molar-refractivity contribution < 1.29 is 9.32 Å². The maximum Gasteiger partial charge on any atom is 0.255 e. The molecule has 7 nitrogen and oxygen atoms in total. The first-order valence-electron chi connectivity index (χ1n) is 9.32. The minimum Gasteiger partial charge on any atom is -0.339 e. The van der Waals surface area contributed by atoms with E-state index in [1.807, 2.05) is 31.2 Å². The highest BCUT2D eigenvalue weighted by Gasteiger charge is 2.33. The minimum absolute atomic E-state index is 0.156. The summed E-state index contributed by atoms with van der Waals surface area (Å²) in [4.78, 5) is 32.0. The fourth-order valence-corrected chi connectivity index (χ4v) is 3.73. The van der Waals surface area contributed by atoms with Crippen molar-refractivity contribution in [1.29, 1.82) is 0 Å². The van der Waals surface area contributed by atoms with E-state index in [-0.39, 0.29) is 17.5 Å². The van der Waals surface area contributed by atoms with Crippen LogP contribution in [0.15, 0.2) is 39.6 Å². The van der Waals surface area contributed by atoms with Gasteiger partial charge in [-0.15, -0.1) is 0 Å². The number of aromatic nitrogens is 3. The van der Waals surface area contributed by atoms with Crippen molar-refractivity contribution in [3.63, 3.8) is 0 Å². The average molecular weight is 366 g/mol. The maximum atomic E-state index is 13.4. The van der Waals surface area contributed by atoms with Crippen LogP contribution in [0.5, 0.6) is 0 Å². The van der Waals surface area contributed by atoms with E-state index in [0.717, 1.165) is 30.2 Å². The van der Waals surface area contributed by atoms with Gasteiger partial charge in [-0.1, -0.05) is 30.3 Å². The van der Waals surface area contributed by atoms with Gasteiger partial charge >= 0.3 is 0 Å². The van der Waals surface area contributed by atoms with Crippen molar-refractivity contribution in [2.24, 2.45) is 7.05 Å². The normalized spacial score (nSPS) is 17.4. The van der Waals surface area contributed by atoms with E-state index in [0.29, 0.717) is 30.2 Å². The van der Waals surface area contributed by atoms with Crippen molar-refractivity contribution in [3.8, 4) is 0 Å². The summed E-state index contributed by atoms with van der Waals surface area (Å²) in [6.07, 6.45) is 3.37. The van der Waals surface area contributed by atoms with Gasteiger partial charge < -0.3 is 14.0 Å². The summed E-state index contributed by atoms with van der Waals surface area (Å²) in [6.45, 7) is 2.57. The van der Waals surface area contributed by atoms with Gasteiger partial charge in [0, 0.05) is 31.5 Å². The lowest BCUT2D eigenvalue weighted by Crippen LogP contribution is -2.39. The number of hydrogen-bond acceptors (Lipinski definition) is 5. The lowest BCUT2D eigenvalue weighted by atomic mass is 9.99. The van der Waals surface area contributed by atoms with Crippen molar-refractivity contribution >= 4 is 16.8 Å². The van der Waals surface area contributed by atoms with E-state index in [4.69, 9.17) is 4.52 Å². The van der Waals surface area contributed by atoms with Gasteiger partial charge in [0.1, 0.15) is 0 Å².